The minimum Gasteiger partial charge on any atom is -0.303 e. The van der Waals surface area contributed by atoms with E-state index in [0.29, 0.717) is 18.4 Å². The van der Waals surface area contributed by atoms with Gasteiger partial charge in [0.2, 0.25) is 0 Å². The summed E-state index contributed by atoms with van der Waals surface area (Å²) in [5.74, 6) is -0.0171. The molecule has 14 heavy (non-hydrogen) atoms. The minimum absolute atomic E-state index is 0.0171. The van der Waals surface area contributed by atoms with Crippen molar-refractivity contribution in [2.75, 3.05) is 0 Å². The number of ketones is 1. The zero-order valence-electron chi connectivity index (χ0n) is 7.85. The third-order valence-electron chi connectivity index (χ3n) is 1.78. The Bertz CT molecular complexity index is 325. The minimum atomic E-state index is -0.0171. The van der Waals surface area contributed by atoms with Crippen molar-refractivity contribution in [2.24, 2.45) is 0 Å². The molecule has 0 radical (unpaired) electrons. The number of unbranched alkanes of at least 4 members (excludes halogenated alkanes) is 1. The standard InChI is InChI=1S/C12H12O2/c13-10-6-2-5-9-12(14)11-7-3-1-4-8-11/h1,3-5,7-10H,2,6H2/b9-5-. The number of carbonyl (C=O) groups excluding carboxylic acids is 2. The predicted molar refractivity (Wildman–Crippen MR) is 55.2 cm³/mol. The summed E-state index contributed by atoms with van der Waals surface area (Å²) < 4.78 is 0. The number of carbonyl (C=O) groups is 2. The van der Waals surface area contributed by atoms with Gasteiger partial charge in [0.15, 0.2) is 5.78 Å². The summed E-state index contributed by atoms with van der Waals surface area (Å²) in [5, 5.41) is 0. The molecule has 0 aromatic heterocycles. The molecule has 0 bridgehead atoms. The number of benzene rings is 1. The molecular weight excluding hydrogens is 176 g/mol. The van der Waals surface area contributed by atoms with Crippen molar-refractivity contribution in [2.45, 2.75) is 12.8 Å². The van der Waals surface area contributed by atoms with Crippen LogP contribution in [0.4, 0.5) is 0 Å². The zero-order valence-corrected chi connectivity index (χ0v) is 7.85. The molecule has 72 valence electrons. The fourth-order valence-electron chi connectivity index (χ4n) is 1.05. The van der Waals surface area contributed by atoms with Crippen LogP contribution in [0.5, 0.6) is 0 Å². The van der Waals surface area contributed by atoms with Crippen LogP contribution in [0, 0.1) is 0 Å². The molecule has 0 aliphatic heterocycles. The van der Waals surface area contributed by atoms with Crippen molar-refractivity contribution in [1.82, 2.24) is 0 Å². The molecule has 0 fully saturated rings. The highest BCUT2D eigenvalue weighted by molar-refractivity contribution is 6.04. The van der Waals surface area contributed by atoms with E-state index in [9.17, 15) is 9.59 Å². The molecule has 0 unspecified atom stereocenters. The SMILES string of the molecule is O=CCC/C=C\C(=O)c1ccccc1. The van der Waals surface area contributed by atoms with Crippen LogP contribution < -0.4 is 0 Å². The van der Waals surface area contributed by atoms with E-state index in [1.54, 1.807) is 18.2 Å². The second-order valence-electron chi connectivity index (χ2n) is 2.88. The Morgan fingerprint density at radius 1 is 1.14 bits per heavy atom. The molecule has 0 aliphatic rings. The highest BCUT2D eigenvalue weighted by Crippen LogP contribution is 2.01. The lowest BCUT2D eigenvalue weighted by atomic mass is 10.1. The Morgan fingerprint density at radius 2 is 1.86 bits per heavy atom. The number of hydrogen-bond donors (Lipinski definition) is 0. The topological polar surface area (TPSA) is 34.1 Å². The number of aldehydes is 1. The fourth-order valence-corrected chi connectivity index (χ4v) is 1.05. The lowest BCUT2D eigenvalue weighted by molar-refractivity contribution is -0.107. The van der Waals surface area contributed by atoms with Gasteiger partial charge in [-0.1, -0.05) is 36.4 Å². The normalized spacial score (nSPS) is 10.3. The summed E-state index contributed by atoms with van der Waals surface area (Å²) in [5.41, 5.74) is 0.676. The van der Waals surface area contributed by atoms with E-state index in [4.69, 9.17) is 0 Å². The number of hydrogen-bond acceptors (Lipinski definition) is 2. The molecule has 1 aromatic rings. The van der Waals surface area contributed by atoms with Gasteiger partial charge >= 0.3 is 0 Å². The van der Waals surface area contributed by atoms with Crippen molar-refractivity contribution in [3.05, 3.63) is 48.0 Å². The summed E-state index contributed by atoms with van der Waals surface area (Å²) in [6, 6.07) is 9.06. The van der Waals surface area contributed by atoms with Gasteiger partial charge < -0.3 is 4.79 Å². The average molecular weight is 188 g/mol. The molecule has 1 rings (SSSR count). The maximum absolute atomic E-state index is 11.4. The molecule has 0 spiro atoms. The zero-order chi connectivity index (χ0) is 10.2. The van der Waals surface area contributed by atoms with Crippen LogP contribution in [0.3, 0.4) is 0 Å². The van der Waals surface area contributed by atoms with Crippen LogP contribution in [-0.4, -0.2) is 12.1 Å². The molecule has 0 saturated heterocycles. The molecule has 0 heterocycles. The van der Waals surface area contributed by atoms with Crippen molar-refractivity contribution in [3.8, 4) is 0 Å². The van der Waals surface area contributed by atoms with Crippen LogP contribution in [0.2, 0.25) is 0 Å². The first-order valence-corrected chi connectivity index (χ1v) is 4.54. The first-order chi connectivity index (χ1) is 6.84. The van der Waals surface area contributed by atoms with E-state index >= 15 is 0 Å². The Balaban J connectivity index is 2.51. The van der Waals surface area contributed by atoms with Gasteiger partial charge in [-0.3, -0.25) is 4.79 Å². The Kier molecular flexibility index (Phi) is 4.35. The predicted octanol–water partition coefficient (Wildman–Crippen LogP) is 2.40. The van der Waals surface area contributed by atoms with E-state index in [0.717, 1.165) is 6.29 Å². The number of allylic oxidation sites excluding steroid dienone is 2. The van der Waals surface area contributed by atoms with Crippen molar-refractivity contribution in [1.29, 1.82) is 0 Å². The molecular formula is C12H12O2. The van der Waals surface area contributed by atoms with Crippen molar-refractivity contribution in [3.63, 3.8) is 0 Å². The smallest absolute Gasteiger partial charge is 0.185 e. The van der Waals surface area contributed by atoms with E-state index in [2.05, 4.69) is 0 Å². The first kappa shape index (κ1) is 10.4. The molecule has 0 N–H and O–H groups in total. The van der Waals surface area contributed by atoms with Crippen LogP contribution in [0.15, 0.2) is 42.5 Å². The molecule has 0 aliphatic carbocycles. The van der Waals surface area contributed by atoms with Crippen LogP contribution in [0.1, 0.15) is 23.2 Å². The summed E-state index contributed by atoms with van der Waals surface area (Å²) >= 11 is 0. The molecule has 2 heteroatoms. The second kappa shape index (κ2) is 5.86. The van der Waals surface area contributed by atoms with Gasteiger partial charge in [-0.2, -0.15) is 0 Å². The third-order valence-corrected chi connectivity index (χ3v) is 1.78. The van der Waals surface area contributed by atoms with E-state index in [1.807, 2.05) is 18.2 Å². The van der Waals surface area contributed by atoms with Gasteiger partial charge in [-0.25, -0.2) is 0 Å². The number of rotatable bonds is 5. The molecule has 0 amide bonds. The Hall–Kier alpha value is -1.70. The molecule has 1 aromatic carbocycles. The molecule has 0 saturated carbocycles. The van der Waals surface area contributed by atoms with Gasteiger partial charge in [0.05, 0.1) is 0 Å². The molecule has 2 nitrogen and oxygen atoms in total. The summed E-state index contributed by atoms with van der Waals surface area (Å²) in [4.78, 5) is 21.4. The van der Waals surface area contributed by atoms with E-state index in [1.165, 1.54) is 6.08 Å². The largest absolute Gasteiger partial charge is 0.303 e. The quantitative estimate of drug-likeness (QED) is 0.308. The monoisotopic (exact) mass is 188 g/mol. The van der Waals surface area contributed by atoms with Gasteiger partial charge in [0, 0.05) is 12.0 Å². The van der Waals surface area contributed by atoms with Crippen molar-refractivity contribution < 1.29 is 9.59 Å². The Morgan fingerprint density at radius 3 is 2.50 bits per heavy atom. The van der Waals surface area contributed by atoms with Crippen LogP contribution in [0.25, 0.3) is 0 Å². The molecule has 0 atom stereocenters. The maximum atomic E-state index is 11.4. The van der Waals surface area contributed by atoms with E-state index < -0.39 is 0 Å². The maximum Gasteiger partial charge on any atom is 0.185 e. The highest BCUT2D eigenvalue weighted by atomic mass is 16.1. The fraction of sp³-hybridized carbons (Fsp3) is 0.167. The lowest BCUT2D eigenvalue weighted by Crippen LogP contribution is -1.92. The second-order valence-corrected chi connectivity index (χ2v) is 2.88. The van der Waals surface area contributed by atoms with Gasteiger partial charge in [0.25, 0.3) is 0 Å². The summed E-state index contributed by atoms with van der Waals surface area (Å²) in [6.07, 6.45) is 5.18. The first-order valence-electron chi connectivity index (χ1n) is 4.54. The summed E-state index contributed by atoms with van der Waals surface area (Å²) in [7, 11) is 0. The van der Waals surface area contributed by atoms with Gasteiger partial charge in [0.1, 0.15) is 6.29 Å². The third kappa shape index (κ3) is 3.35. The van der Waals surface area contributed by atoms with Crippen LogP contribution >= 0.6 is 0 Å². The average Bonchev–Trinajstić information content (AvgIpc) is 2.25. The van der Waals surface area contributed by atoms with Crippen LogP contribution in [-0.2, 0) is 4.79 Å². The van der Waals surface area contributed by atoms with Gasteiger partial charge in [-0.05, 0) is 12.5 Å². The van der Waals surface area contributed by atoms with E-state index in [-0.39, 0.29) is 5.78 Å². The lowest BCUT2D eigenvalue weighted by Gasteiger charge is -1.92. The van der Waals surface area contributed by atoms with Crippen molar-refractivity contribution >= 4 is 12.1 Å². The van der Waals surface area contributed by atoms with Gasteiger partial charge in [-0.15, -0.1) is 0 Å². The summed E-state index contributed by atoms with van der Waals surface area (Å²) in [6.45, 7) is 0. The Labute approximate surface area is 83.3 Å². The highest BCUT2D eigenvalue weighted by Gasteiger charge is 1.97.